The van der Waals surface area contributed by atoms with E-state index in [2.05, 4.69) is 0 Å². The molecule has 0 atom stereocenters. The molecule has 0 saturated heterocycles. The minimum absolute atomic E-state index is 0. The zero-order valence-corrected chi connectivity index (χ0v) is 6.62. The Hall–Kier alpha value is 1.44. The van der Waals surface area contributed by atoms with Gasteiger partial charge in [-0.2, -0.15) is 0 Å². The summed E-state index contributed by atoms with van der Waals surface area (Å²) >= 11 is 0. The molecule has 0 aliphatic rings. The monoisotopic (exact) mass is 129 g/mol. The van der Waals surface area contributed by atoms with E-state index >= 15 is 0 Å². The Morgan fingerprint density at radius 3 is 0.333 bits per heavy atom. The number of rotatable bonds is 0. The third-order valence-electron chi connectivity index (χ3n) is 0. The largest absolute Gasteiger partial charge is 0.412 e. The van der Waals surface area contributed by atoms with Crippen LogP contribution in [0.3, 0.4) is 0 Å². The van der Waals surface area contributed by atoms with Crippen molar-refractivity contribution in [2.24, 2.45) is 0 Å². The first-order valence-corrected chi connectivity index (χ1v) is 0. The first kappa shape index (κ1) is 149. The molecule has 6 heavy (non-hydrogen) atoms. The van der Waals surface area contributed by atoms with Gasteiger partial charge in [-0.05, 0) is 0 Å². The van der Waals surface area contributed by atoms with Gasteiger partial charge in [0, 0.05) is 51.4 Å². The van der Waals surface area contributed by atoms with Gasteiger partial charge in [-0.25, -0.2) is 0 Å². The molecule has 0 spiro atoms. The number of hydrogen-bond acceptors (Lipinski definition) is 0. The van der Waals surface area contributed by atoms with Gasteiger partial charge >= 0.3 is 0 Å². The fraction of sp³-hybridized carbons (Fsp3) is 0. The summed E-state index contributed by atoms with van der Waals surface area (Å²) < 4.78 is 0. The molecule has 6 heteroatoms. The molecule has 0 unspecified atom stereocenters. The average Bonchev–Trinajstić information content (AvgIpc) is 0. The predicted octanol–water partition coefficient (Wildman–Crippen LogP) is -4.50. The van der Waals surface area contributed by atoms with E-state index in [0.717, 1.165) is 0 Å². The topological polar surface area (TPSA) is 158 Å². The number of hydrogen-bond donors (Lipinski definition) is 0. The van der Waals surface area contributed by atoms with E-state index in [4.69, 9.17) is 0 Å². The van der Waals surface area contributed by atoms with Crippen molar-refractivity contribution in [3.05, 3.63) is 0 Å². The molecule has 0 saturated carbocycles. The standard InChI is InChI=1S/K.5H2O/h;5*1H2. The van der Waals surface area contributed by atoms with Crippen LogP contribution >= 0.6 is 0 Å². The van der Waals surface area contributed by atoms with Gasteiger partial charge in [-0.1, -0.05) is 0 Å². The first-order chi connectivity index (χ1) is 0. The minimum Gasteiger partial charge on any atom is -0.412 e. The van der Waals surface area contributed by atoms with Crippen molar-refractivity contribution in [2.45, 2.75) is 0 Å². The van der Waals surface area contributed by atoms with Crippen LogP contribution in [-0.2, 0) is 0 Å². The zero-order valence-electron chi connectivity index (χ0n) is 3.50. The Morgan fingerprint density at radius 2 is 0.333 bits per heavy atom. The predicted molar refractivity (Wildman–Crippen MR) is 23.8 cm³/mol. The van der Waals surface area contributed by atoms with Crippen LogP contribution in [0.2, 0.25) is 0 Å². The van der Waals surface area contributed by atoms with Crippen molar-refractivity contribution in [3.63, 3.8) is 0 Å². The van der Waals surface area contributed by atoms with Gasteiger partial charge < -0.3 is 27.4 Å². The second-order valence-corrected chi connectivity index (χ2v) is 0. The molecule has 0 heterocycles. The molecular weight excluding hydrogens is 119 g/mol. The molecule has 10 N–H and O–H groups in total. The first-order valence-electron chi connectivity index (χ1n) is 0. The average molecular weight is 129 g/mol. The normalized spacial score (nSPS) is 0. The van der Waals surface area contributed by atoms with E-state index in [9.17, 15) is 0 Å². The third-order valence-corrected chi connectivity index (χ3v) is 0. The van der Waals surface area contributed by atoms with Crippen LogP contribution in [0.5, 0.6) is 0 Å². The van der Waals surface area contributed by atoms with Crippen LogP contribution < -0.4 is 0 Å². The van der Waals surface area contributed by atoms with E-state index in [1.165, 1.54) is 0 Å². The third kappa shape index (κ3) is 51.9. The van der Waals surface area contributed by atoms with Crippen LogP contribution in [0.15, 0.2) is 0 Å². The maximum absolute atomic E-state index is 0. The van der Waals surface area contributed by atoms with Crippen molar-refractivity contribution in [2.75, 3.05) is 0 Å². The smallest absolute Gasteiger partial charge is 0 e. The van der Waals surface area contributed by atoms with Crippen molar-refractivity contribution in [1.29, 1.82) is 0 Å². The minimum atomic E-state index is 0. The Morgan fingerprint density at radius 1 is 0.333 bits per heavy atom. The maximum Gasteiger partial charge on any atom is 0 e. The molecule has 41 valence electrons. The molecule has 0 rings (SSSR count). The van der Waals surface area contributed by atoms with Gasteiger partial charge in [0.1, 0.15) is 0 Å². The van der Waals surface area contributed by atoms with Crippen LogP contribution in [-0.4, -0.2) is 78.8 Å². The molecule has 0 aliphatic heterocycles. The van der Waals surface area contributed by atoms with Crippen LogP contribution in [0.25, 0.3) is 0 Å². The van der Waals surface area contributed by atoms with Crippen molar-refractivity contribution in [3.8, 4) is 0 Å². The quantitative estimate of drug-likeness (QED) is 0.289. The summed E-state index contributed by atoms with van der Waals surface area (Å²) in [4.78, 5) is 0. The zero-order chi connectivity index (χ0) is 0. The molecule has 0 aromatic heterocycles. The fourth-order valence-corrected chi connectivity index (χ4v) is 0. The van der Waals surface area contributed by atoms with E-state index in [0.29, 0.717) is 0 Å². The van der Waals surface area contributed by atoms with E-state index in [1.807, 2.05) is 0 Å². The summed E-state index contributed by atoms with van der Waals surface area (Å²) in [6.07, 6.45) is 0. The van der Waals surface area contributed by atoms with Gasteiger partial charge in [0.05, 0.1) is 0 Å². The molecular formula is H10KO5. The van der Waals surface area contributed by atoms with Gasteiger partial charge in [0.15, 0.2) is 0 Å². The van der Waals surface area contributed by atoms with Crippen LogP contribution in [0, 0.1) is 0 Å². The molecule has 0 aromatic rings. The van der Waals surface area contributed by atoms with E-state index < -0.39 is 0 Å². The molecule has 0 aliphatic carbocycles. The second kappa shape index (κ2) is 92.2. The van der Waals surface area contributed by atoms with E-state index in [-0.39, 0.29) is 78.8 Å². The van der Waals surface area contributed by atoms with E-state index in [1.54, 1.807) is 0 Å². The SMILES string of the molecule is O.O.O.O.O.[K]. The van der Waals surface area contributed by atoms with Crippen molar-refractivity contribution < 1.29 is 27.4 Å². The van der Waals surface area contributed by atoms with Crippen LogP contribution in [0.4, 0.5) is 0 Å². The summed E-state index contributed by atoms with van der Waals surface area (Å²) in [6.45, 7) is 0. The van der Waals surface area contributed by atoms with Gasteiger partial charge in [-0.15, -0.1) is 0 Å². The molecule has 5 nitrogen and oxygen atoms in total. The molecule has 0 bridgehead atoms. The molecule has 0 fully saturated rings. The van der Waals surface area contributed by atoms with Crippen molar-refractivity contribution >= 4 is 51.4 Å². The molecule has 0 amide bonds. The maximum atomic E-state index is 0. The van der Waals surface area contributed by atoms with Crippen LogP contribution in [0.1, 0.15) is 0 Å². The molecule has 0 aromatic carbocycles. The fourth-order valence-electron chi connectivity index (χ4n) is 0. The second-order valence-electron chi connectivity index (χ2n) is 0. The summed E-state index contributed by atoms with van der Waals surface area (Å²) in [5.41, 5.74) is 0. The molecule has 1 radical (unpaired) electrons. The van der Waals surface area contributed by atoms with Gasteiger partial charge in [0.2, 0.25) is 0 Å². The Labute approximate surface area is 77.7 Å². The summed E-state index contributed by atoms with van der Waals surface area (Å²) in [5, 5.41) is 0. The van der Waals surface area contributed by atoms with Crippen molar-refractivity contribution in [1.82, 2.24) is 0 Å². The summed E-state index contributed by atoms with van der Waals surface area (Å²) in [7, 11) is 0. The van der Waals surface area contributed by atoms with Gasteiger partial charge in [0.25, 0.3) is 0 Å². The van der Waals surface area contributed by atoms with Gasteiger partial charge in [-0.3, -0.25) is 0 Å². The Kier molecular flexibility index (Phi) is 2290. The summed E-state index contributed by atoms with van der Waals surface area (Å²) in [5.74, 6) is 0. The Bertz CT molecular complexity index is 3.90. The Balaban J connectivity index is 0. The summed E-state index contributed by atoms with van der Waals surface area (Å²) in [6, 6.07) is 0.